The summed E-state index contributed by atoms with van der Waals surface area (Å²) in [6.45, 7) is 3.02. The highest BCUT2D eigenvalue weighted by molar-refractivity contribution is 5.92. The van der Waals surface area contributed by atoms with Crippen LogP contribution in [0.1, 0.15) is 43.0 Å². The molecule has 2 atom stereocenters. The van der Waals surface area contributed by atoms with Crippen molar-refractivity contribution in [2.75, 3.05) is 0 Å². The quantitative estimate of drug-likeness (QED) is 0.430. The van der Waals surface area contributed by atoms with Gasteiger partial charge in [-0.25, -0.2) is 9.59 Å². The summed E-state index contributed by atoms with van der Waals surface area (Å²) in [5.74, 6) is -2.57. The molecule has 3 aromatic rings. The summed E-state index contributed by atoms with van der Waals surface area (Å²) in [6.07, 6.45) is -1.11. The molecule has 0 unspecified atom stereocenters. The second-order valence-corrected chi connectivity index (χ2v) is 8.34. The third-order valence-electron chi connectivity index (χ3n) is 6.07. The molecule has 34 heavy (non-hydrogen) atoms. The van der Waals surface area contributed by atoms with Gasteiger partial charge < -0.3 is 29.9 Å². The van der Waals surface area contributed by atoms with Crippen molar-refractivity contribution in [1.29, 1.82) is 0 Å². The van der Waals surface area contributed by atoms with Gasteiger partial charge in [-0.15, -0.1) is 0 Å². The third kappa shape index (κ3) is 4.47. The number of phenols is 4. The lowest BCUT2D eigenvalue weighted by Crippen LogP contribution is -2.41. The summed E-state index contributed by atoms with van der Waals surface area (Å²) in [6, 6.07) is 12.3. The lowest BCUT2D eigenvalue weighted by Gasteiger charge is -2.32. The first-order chi connectivity index (χ1) is 16.1. The number of benzene rings is 3. The maximum atomic E-state index is 12.8. The maximum absolute atomic E-state index is 12.8. The number of esters is 2. The Hall–Kier alpha value is -4.20. The van der Waals surface area contributed by atoms with Crippen LogP contribution < -0.4 is 0 Å². The second-order valence-electron chi connectivity index (χ2n) is 8.34. The molecule has 1 aliphatic rings. The van der Waals surface area contributed by atoms with Crippen LogP contribution in [0.2, 0.25) is 0 Å². The van der Waals surface area contributed by atoms with Gasteiger partial charge in [-0.3, -0.25) is 0 Å². The van der Waals surface area contributed by atoms with Crippen molar-refractivity contribution < 1.29 is 39.5 Å². The number of ether oxygens (including phenoxy) is 2. The number of phenolic OH excluding ortho intramolecular Hbond substituents is 4. The summed E-state index contributed by atoms with van der Waals surface area (Å²) in [5, 5.41) is 39.8. The average molecular weight is 464 g/mol. The van der Waals surface area contributed by atoms with Gasteiger partial charge in [0.2, 0.25) is 0 Å². The second kappa shape index (κ2) is 8.97. The van der Waals surface area contributed by atoms with Gasteiger partial charge in [0.1, 0.15) is 35.2 Å². The monoisotopic (exact) mass is 464 g/mol. The fraction of sp³-hybridized carbons (Fsp3) is 0.231. The molecule has 0 saturated carbocycles. The van der Waals surface area contributed by atoms with E-state index in [1.165, 1.54) is 38.1 Å². The van der Waals surface area contributed by atoms with E-state index in [-0.39, 0.29) is 58.1 Å². The molecule has 0 aliphatic heterocycles. The maximum Gasteiger partial charge on any atom is 0.338 e. The van der Waals surface area contributed by atoms with Crippen LogP contribution in [0.15, 0.2) is 48.5 Å². The van der Waals surface area contributed by atoms with Crippen LogP contribution in [-0.2, 0) is 22.3 Å². The van der Waals surface area contributed by atoms with Gasteiger partial charge in [-0.05, 0) is 49.2 Å². The van der Waals surface area contributed by atoms with Gasteiger partial charge in [0.05, 0.1) is 11.1 Å². The highest BCUT2D eigenvalue weighted by Crippen LogP contribution is 2.32. The number of aromatic hydroxyl groups is 4. The van der Waals surface area contributed by atoms with E-state index in [2.05, 4.69) is 0 Å². The zero-order valence-electron chi connectivity index (χ0n) is 18.6. The molecule has 176 valence electrons. The Labute approximate surface area is 195 Å². The van der Waals surface area contributed by atoms with E-state index in [1.807, 2.05) is 24.3 Å². The van der Waals surface area contributed by atoms with Crippen molar-refractivity contribution in [2.45, 2.75) is 38.9 Å². The predicted octanol–water partition coefficient (Wildman–Crippen LogP) is 3.68. The van der Waals surface area contributed by atoms with Gasteiger partial charge in [0.15, 0.2) is 0 Å². The first-order valence-corrected chi connectivity index (χ1v) is 10.7. The third-order valence-corrected chi connectivity index (χ3v) is 6.07. The Morgan fingerprint density at radius 3 is 1.32 bits per heavy atom. The molecule has 3 aromatic carbocycles. The number of carbonyl (C=O) groups is 2. The van der Waals surface area contributed by atoms with Crippen LogP contribution in [0.25, 0.3) is 0 Å². The molecular weight excluding hydrogens is 440 g/mol. The van der Waals surface area contributed by atoms with Gasteiger partial charge in [0, 0.05) is 24.0 Å². The number of hydrogen-bond acceptors (Lipinski definition) is 8. The van der Waals surface area contributed by atoms with Crippen LogP contribution in [-0.4, -0.2) is 44.6 Å². The normalized spacial score (nSPS) is 17.0. The molecule has 8 heteroatoms. The lowest BCUT2D eigenvalue weighted by atomic mass is 9.87. The number of fused-ring (bicyclic) bond motifs is 1. The molecule has 0 aromatic heterocycles. The lowest BCUT2D eigenvalue weighted by molar-refractivity contribution is -0.0389. The summed E-state index contributed by atoms with van der Waals surface area (Å²) >= 11 is 0. The van der Waals surface area contributed by atoms with E-state index >= 15 is 0 Å². The van der Waals surface area contributed by atoms with Crippen molar-refractivity contribution in [3.05, 3.63) is 81.9 Å². The minimum Gasteiger partial charge on any atom is -0.508 e. The molecular formula is C26H24O8. The SMILES string of the molecule is Cc1c(O)cc(C(=O)O[C@H]2Cc3ccccc3C[C@H]2OC(=O)c2cc(O)c(C)c(O)c2)cc1O. The first-order valence-electron chi connectivity index (χ1n) is 10.7. The minimum absolute atomic E-state index is 0.0436. The molecule has 1 aliphatic carbocycles. The van der Waals surface area contributed by atoms with Crippen LogP contribution in [0, 0.1) is 13.8 Å². The number of rotatable bonds is 4. The average Bonchev–Trinajstić information content (AvgIpc) is 2.80. The zero-order valence-corrected chi connectivity index (χ0v) is 18.6. The molecule has 0 heterocycles. The molecule has 4 N–H and O–H groups in total. The Morgan fingerprint density at radius 2 is 1.00 bits per heavy atom. The Balaban J connectivity index is 1.60. The van der Waals surface area contributed by atoms with E-state index in [4.69, 9.17) is 9.47 Å². The van der Waals surface area contributed by atoms with Gasteiger partial charge >= 0.3 is 11.9 Å². The van der Waals surface area contributed by atoms with E-state index < -0.39 is 24.1 Å². The molecule has 0 saturated heterocycles. The van der Waals surface area contributed by atoms with Gasteiger partial charge in [-0.2, -0.15) is 0 Å². The molecule has 0 spiro atoms. The molecule has 0 radical (unpaired) electrons. The van der Waals surface area contributed by atoms with Gasteiger partial charge in [0.25, 0.3) is 0 Å². The van der Waals surface area contributed by atoms with Crippen LogP contribution >= 0.6 is 0 Å². The molecule has 0 amide bonds. The Morgan fingerprint density at radius 1 is 0.676 bits per heavy atom. The van der Waals surface area contributed by atoms with Crippen LogP contribution in [0.4, 0.5) is 0 Å². The standard InChI is InChI=1S/C26H24O8/c1-13-19(27)7-17(8-20(13)28)25(31)33-23-11-15-5-3-4-6-16(15)12-24(23)34-26(32)18-9-21(29)14(2)22(30)10-18/h3-10,23-24,27-30H,11-12H2,1-2H3/t23-,24+. The number of hydrogen-bond donors (Lipinski definition) is 4. The van der Waals surface area contributed by atoms with Crippen molar-refractivity contribution in [3.63, 3.8) is 0 Å². The topological polar surface area (TPSA) is 134 Å². The highest BCUT2D eigenvalue weighted by Gasteiger charge is 2.35. The van der Waals surface area contributed by atoms with E-state index in [9.17, 15) is 30.0 Å². The zero-order chi connectivity index (χ0) is 24.6. The van der Waals surface area contributed by atoms with E-state index in [1.54, 1.807) is 0 Å². The largest absolute Gasteiger partial charge is 0.508 e. The van der Waals surface area contributed by atoms with Crippen molar-refractivity contribution in [1.82, 2.24) is 0 Å². The van der Waals surface area contributed by atoms with E-state index in [0.717, 1.165) is 11.1 Å². The Bertz CT molecular complexity index is 1140. The number of carbonyl (C=O) groups excluding carboxylic acids is 2. The molecule has 4 rings (SSSR count). The van der Waals surface area contributed by atoms with Crippen molar-refractivity contribution in [3.8, 4) is 23.0 Å². The summed E-state index contributed by atoms with van der Waals surface area (Å²) in [4.78, 5) is 25.6. The van der Waals surface area contributed by atoms with Gasteiger partial charge in [-0.1, -0.05) is 24.3 Å². The molecule has 0 fully saturated rings. The fourth-order valence-electron chi connectivity index (χ4n) is 3.90. The predicted molar refractivity (Wildman–Crippen MR) is 121 cm³/mol. The Kier molecular flexibility index (Phi) is 6.06. The molecule has 0 bridgehead atoms. The van der Waals surface area contributed by atoms with E-state index in [0.29, 0.717) is 0 Å². The summed E-state index contributed by atoms with van der Waals surface area (Å²) in [5.41, 5.74) is 2.26. The van der Waals surface area contributed by atoms with Crippen molar-refractivity contribution in [2.24, 2.45) is 0 Å². The van der Waals surface area contributed by atoms with Crippen LogP contribution in [0.5, 0.6) is 23.0 Å². The first kappa shape index (κ1) is 23.0. The highest BCUT2D eigenvalue weighted by atomic mass is 16.6. The smallest absolute Gasteiger partial charge is 0.338 e. The van der Waals surface area contributed by atoms with Crippen molar-refractivity contribution >= 4 is 11.9 Å². The summed E-state index contributed by atoms with van der Waals surface area (Å²) < 4.78 is 11.3. The molecule has 8 nitrogen and oxygen atoms in total. The fourth-order valence-corrected chi connectivity index (χ4v) is 3.90. The minimum atomic E-state index is -0.843. The van der Waals surface area contributed by atoms with Crippen LogP contribution in [0.3, 0.4) is 0 Å². The summed E-state index contributed by atoms with van der Waals surface area (Å²) in [7, 11) is 0.